The highest BCUT2D eigenvalue weighted by atomic mass is 35.5. The molecule has 0 aliphatic heterocycles. The number of nitrogen functional groups attached to an aromatic ring is 1. The number of rotatable bonds is 4. The first-order chi connectivity index (χ1) is 8.99. The number of hydrogen-bond donors (Lipinski definition) is 3. The second-order valence-electron chi connectivity index (χ2n) is 4.36. The van der Waals surface area contributed by atoms with E-state index >= 15 is 0 Å². The summed E-state index contributed by atoms with van der Waals surface area (Å²) in [6, 6.07) is 1.80. The number of aromatic nitrogens is 3. The molecule has 102 valence electrons. The van der Waals surface area contributed by atoms with Gasteiger partial charge in [-0.1, -0.05) is 30.6 Å². The Bertz CT molecular complexity index is 590. The van der Waals surface area contributed by atoms with Gasteiger partial charge in [-0.2, -0.15) is 5.10 Å². The number of carbonyl (C=O) groups excluding carboxylic acids is 1. The Kier molecular flexibility index (Phi) is 3.75. The van der Waals surface area contributed by atoms with E-state index in [-0.39, 0.29) is 29.0 Å². The van der Waals surface area contributed by atoms with Crippen molar-refractivity contribution in [1.29, 1.82) is 0 Å². The summed E-state index contributed by atoms with van der Waals surface area (Å²) in [5.41, 5.74) is 6.21. The quantitative estimate of drug-likeness (QED) is 0.791. The average Bonchev–Trinajstić information content (AvgIpc) is 2.95. The van der Waals surface area contributed by atoms with Crippen molar-refractivity contribution in [2.24, 2.45) is 0 Å². The molecule has 0 bridgehead atoms. The van der Waals surface area contributed by atoms with Crippen molar-refractivity contribution in [1.82, 2.24) is 20.7 Å². The van der Waals surface area contributed by atoms with Crippen LogP contribution in [0.25, 0.3) is 0 Å². The summed E-state index contributed by atoms with van der Waals surface area (Å²) in [5, 5.41) is 12.7. The number of carbonyl (C=O) groups is 1. The van der Waals surface area contributed by atoms with Gasteiger partial charge in [0, 0.05) is 12.0 Å². The van der Waals surface area contributed by atoms with Crippen molar-refractivity contribution >= 4 is 23.3 Å². The molecule has 2 aromatic rings. The predicted molar refractivity (Wildman–Crippen MR) is 69.8 cm³/mol. The van der Waals surface area contributed by atoms with E-state index < -0.39 is 5.91 Å². The number of H-pyrrole nitrogens is 1. The van der Waals surface area contributed by atoms with Crippen LogP contribution in [-0.2, 0) is 6.54 Å². The maximum Gasteiger partial charge on any atom is 0.271 e. The number of nitrogens with one attached hydrogen (secondary N) is 2. The number of halogens is 1. The highest BCUT2D eigenvalue weighted by molar-refractivity contribution is 6.35. The topological polar surface area (TPSA) is 110 Å². The molecule has 0 aliphatic carbocycles. The van der Waals surface area contributed by atoms with Gasteiger partial charge in [0.1, 0.15) is 22.2 Å². The summed E-state index contributed by atoms with van der Waals surface area (Å²) >= 11 is 5.82. The number of nitrogens with two attached hydrogens (primary N) is 1. The molecular formula is C11H14ClN5O2. The number of anilines is 1. The minimum atomic E-state index is -0.400. The highest BCUT2D eigenvalue weighted by Crippen LogP contribution is 2.20. The Hall–Kier alpha value is -2.02. The van der Waals surface area contributed by atoms with Gasteiger partial charge in [-0.3, -0.25) is 9.89 Å². The summed E-state index contributed by atoms with van der Waals surface area (Å²) in [4.78, 5) is 11.8. The largest absolute Gasteiger partial charge is 0.381 e. The third-order valence-corrected chi connectivity index (χ3v) is 2.92. The fourth-order valence-electron chi connectivity index (χ4n) is 1.44. The molecule has 2 rings (SSSR count). The van der Waals surface area contributed by atoms with E-state index in [1.807, 2.05) is 13.8 Å². The molecule has 7 nitrogen and oxygen atoms in total. The van der Waals surface area contributed by atoms with Crippen molar-refractivity contribution < 1.29 is 9.32 Å². The zero-order chi connectivity index (χ0) is 14.0. The van der Waals surface area contributed by atoms with Gasteiger partial charge in [0.15, 0.2) is 5.82 Å². The van der Waals surface area contributed by atoms with Crippen LogP contribution < -0.4 is 11.1 Å². The number of aromatic amines is 1. The van der Waals surface area contributed by atoms with Crippen molar-refractivity contribution in [2.45, 2.75) is 26.3 Å². The fraction of sp³-hybridized carbons (Fsp3) is 0.364. The van der Waals surface area contributed by atoms with E-state index in [9.17, 15) is 4.79 Å². The van der Waals surface area contributed by atoms with Gasteiger partial charge in [-0.15, -0.1) is 0 Å². The SMILES string of the molecule is CC(C)c1cc(CNC(=O)c2[nH]nc(N)c2Cl)no1. The van der Waals surface area contributed by atoms with Gasteiger partial charge in [0.05, 0.1) is 6.54 Å². The second kappa shape index (κ2) is 5.31. The monoisotopic (exact) mass is 283 g/mol. The molecule has 0 atom stereocenters. The van der Waals surface area contributed by atoms with Crippen LogP contribution in [0.4, 0.5) is 5.82 Å². The Morgan fingerprint density at radius 2 is 2.37 bits per heavy atom. The summed E-state index contributed by atoms with van der Waals surface area (Å²) < 4.78 is 5.12. The molecule has 4 N–H and O–H groups in total. The number of amides is 1. The average molecular weight is 284 g/mol. The highest BCUT2D eigenvalue weighted by Gasteiger charge is 2.16. The maximum atomic E-state index is 11.8. The van der Waals surface area contributed by atoms with E-state index in [1.54, 1.807) is 6.07 Å². The van der Waals surface area contributed by atoms with Crippen LogP contribution in [0.1, 0.15) is 41.7 Å². The first-order valence-corrected chi connectivity index (χ1v) is 6.10. The molecule has 0 saturated heterocycles. The Morgan fingerprint density at radius 1 is 1.63 bits per heavy atom. The van der Waals surface area contributed by atoms with E-state index in [4.69, 9.17) is 21.9 Å². The van der Waals surface area contributed by atoms with Crippen LogP contribution in [0.2, 0.25) is 5.02 Å². The summed E-state index contributed by atoms with van der Waals surface area (Å²) in [6.45, 7) is 4.23. The molecule has 0 fully saturated rings. The van der Waals surface area contributed by atoms with Crippen LogP contribution in [0, 0.1) is 0 Å². The molecule has 0 aliphatic rings. The van der Waals surface area contributed by atoms with Crippen molar-refractivity contribution in [2.75, 3.05) is 5.73 Å². The Balaban J connectivity index is 1.98. The lowest BCUT2D eigenvalue weighted by Gasteiger charge is -2.00. The van der Waals surface area contributed by atoms with Crippen molar-refractivity contribution in [3.63, 3.8) is 0 Å². The number of hydrogen-bond acceptors (Lipinski definition) is 5. The molecule has 0 radical (unpaired) electrons. The van der Waals surface area contributed by atoms with Crippen LogP contribution in [0.5, 0.6) is 0 Å². The van der Waals surface area contributed by atoms with Crippen molar-refractivity contribution in [3.8, 4) is 0 Å². The molecule has 0 saturated carbocycles. The van der Waals surface area contributed by atoms with Gasteiger partial charge >= 0.3 is 0 Å². The zero-order valence-electron chi connectivity index (χ0n) is 10.5. The van der Waals surface area contributed by atoms with Crippen molar-refractivity contribution in [3.05, 3.63) is 28.2 Å². The van der Waals surface area contributed by atoms with Gasteiger partial charge in [0.25, 0.3) is 5.91 Å². The van der Waals surface area contributed by atoms with Crippen LogP contribution >= 0.6 is 11.6 Å². The van der Waals surface area contributed by atoms with Gasteiger partial charge in [0.2, 0.25) is 0 Å². The second-order valence-corrected chi connectivity index (χ2v) is 4.73. The number of nitrogens with zero attached hydrogens (tertiary/aromatic N) is 2. The summed E-state index contributed by atoms with van der Waals surface area (Å²) in [6.07, 6.45) is 0. The van der Waals surface area contributed by atoms with E-state index in [0.717, 1.165) is 5.76 Å². The standard InChI is InChI=1S/C11H14ClN5O2/c1-5(2)7-3-6(17-19-7)4-14-11(18)9-8(12)10(13)16-15-9/h3,5H,4H2,1-2H3,(H,14,18)(H3,13,15,16). The third kappa shape index (κ3) is 2.87. The lowest BCUT2D eigenvalue weighted by molar-refractivity contribution is 0.0945. The molecule has 19 heavy (non-hydrogen) atoms. The summed E-state index contributed by atoms with van der Waals surface area (Å²) in [5.74, 6) is 0.713. The molecule has 0 aromatic carbocycles. The third-order valence-electron chi connectivity index (χ3n) is 2.54. The smallest absolute Gasteiger partial charge is 0.271 e. The van der Waals surface area contributed by atoms with Crippen LogP contribution in [0.15, 0.2) is 10.6 Å². The lowest BCUT2D eigenvalue weighted by Crippen LogP contribution is -2.23. The molecule has 0 unspecified atom stereocenters. The Labute approximate surface area is 114 Å². The normalized spacial score (nSPS) is 10.9. The van der Waals surface area contributed by atoms with E-state index in [2.05, 4.69) is 20.7 Å². The minimum Gasteiger partial charge on any atom is -0.381 e. The lowest BCUT2D eigenvalue weighted by atomic mass is 10.1. The van der Waals surface area contributed by atoms with Gasteiger partial charge in [-0.25, -0.2) is 0 Å². The molecule has 1 amide bonds. The predicted octanol–water partition coefficient (Wildman–Crippen LogP) is 1.69. The van der Waals surface area contributed by atoms with Crippen LogP contribution in [-0.4, -0.2) is 21.3 Å². The first kappa shape index (κ1) is 13.4. The van der Waals surface area contributed by atoms with Crippen LogP contribution in [0.3, 0.4) is 0 Å². The first-order valence-electron chi connectivity index (χ1n) is 5.72. The minimum absolute atomic E-state index is 0.0929. The van der Waals surface area contributed by atoms with Gasteiger partial charge in [-0.05, 0) is 0 Å². The molecule has 0 spiro atoms. The fourth-order valence-corrected chi connectivity index (χ4v) is 1.61. The molecule has 2 heterocycles. The molecule has 8 heteroatoms. The van der Waals surface area contributed by atoms with Gasteiger partial charge < -0.3 is 15.6 Å². The molecule has 2 aromatic heterocycles. The van der Waals surface area contributed by atoms with E-state index in [0.29, 0.717) is 5.69 Å². The summed E-state index contributed by atoms with van der Waals surface area (Å²) in [7, 11) is 0. The Morgan fingerprint density at radius 3 is 2.89 bits per heavy atom. The van der Waals surface area contributed by atoms with E-state index in [1.165, 1.54) is 0 Å². The zero-order valence-corrected chi connectivity index (χ0v) is 11.3. The molecular weight excluding hydrogens is 270 g/mol. The maximum absolute atomic E-state index is 11.8.